The van der Waals surface area contributed by atoms with Gasteiger partial charge in [-0.05, 0) is 106 Å². The minimum atomic E-state index is -5.22. The summed E-state index contributed by atoms with van der Waals surface area (Å²) in [5, 5.41) is 11.3. The Morgan fingerprint density at radius 3 is 1.59 bits per heavy atom. The molecule has 1 atom stereocenters. The van der Waals surface area contributed by atoms with Gasteiger partial charge in [-0.25, -0.2) is 13.2 Å². The normalized spacial score (nSPS) is 20.8. The van der Waals surface area contributed by atoms with Crippen LogP contribution in [-0.2, 0) is 60.5 Å². The number of quaternary nitrogens is 1. The average molecular weight is 1130 g/mol. The molecule has 1 unspecified atom stereocenters. The number of nitrogens with one attached hydrogen (secondary N) is 1. The second-order valence-corrected chi connectivity index (χ2v) is 25.4. The number of carbonyl (C=O) groups is 2. The third kappa shape index (κ3) is 13.5. The van der Waals surface area contributed by atoms with Gasteiger partial charge in [-0.15, -0.1) is 8.42 Å². The Kier molecular flexibility index (Phi) is 16.6. The van der Waals surface area contributed by atoms with E-state index in [0.717, 1.165) is 87.2 Å². The third-order valence-electron chi connectivity index (χ3n) is 14.3. The number of allylic oxidation sites excluding steroid dienone is 4. The Morgan fingerprint density at radius 2 is 1.11 bits per heavy atom. The summed E-state index contributed by atoms with van der Waals surface area (Å²) in [6, 6.07) is 33.0. The molecule has 5 heterocycles. The summed E-state index contributed by atoms with van der Waals surface area (Å²) < 4.78 is 76.9. The fourth-order valence-corrected chi connectivity index (χ4v) is 12.3. The monoisotopic (exact) mass is 1130 g/mol. The summed E-state index contributed by atoms with van der Waals surface area (Å²) in [6.07, 6.45) is 15.2. The molecule has 0 saturated heterocycles. The average Bonchev–Trinajstić information content (AvgIpc) is 4.32. The highest BCUT2D eigenvalue weighted by molar-refractivity contribution is 7.84. The molecule has 20 heteroatoms. The maximum absolute atomic E-state index is 13.2. The van der Waals surface area contributed by atoms with Crippen molar-refractivity contribution >= 4 is 67.4 Å². The molecule has 1 amide bonds. The number of ether oxygens (including phenoxy) is 2. The van der Waals surface area contributed by atoms with Gasteiger partial charge in [0.05, 0.1) is 11.9 Å². The predicted molar refractivity (Wildman–Crippen MR) is 306 cm³/mol. The zero-order valence-corrected chi connectivity index (χ0v) is 48.1. The molecule has 18 nitrogen and oxygen atoms in total. The highest BCUT2D eigenvalue weighted by atomic mass is 32.2. The fourth-order valence-electron chi connectivity index (χ4n) is 10.7. The van der Waals surface area contributed by atoms with E-state index in [-0.39, 0.29) is 22.5 Å². The van der Waals surface area contributed by atoms with Crippen LogP contribution in [-0.4, -0.2) is 110 Å². The molecule has 1 fully saturated rings. The van der Waals surface area contributed by atoms with Crippen molar-refractivity contribution in [3.63, 3.8) is 0 Å². The van der Waals surface area contributed by atoms with Crippen LogP contribution in [0.5, 0.6) is 0 Å². The van der Waals surface area contributed by atoms with Gasteiger partial charge in [-0.1, -0.05) is 98.0 Å². The van der Waals surface area contributed by atoms with Crippen molar-refractivity contribution in [1.29, 1.82) is 0 Å². The first-order valence-electron chi connectivity index (χ1n) is 27.0. The van der Waals surface area contributed by atoms with Gasteiger partial charge in [0.1, 0.15) is 11.8 Å². The molecule has 2 aliphatic carbocycles. The smallest absolute Gasteiger partial charge is 0.428 e. The lowest BCUT2D eigenvalue weighted by atomic mass is 10.1. The van der Waals surface area contributed by atoms with Gasteiger partial charge in [-0.3, -0.25) is 4.79 Å². The highest BCUT2D eigenvalue weighted by Gasteiger charge is 2.38. The van der Waals surface area contributed by atoms with Crippen LogP contribution in [0.1, 0.15) is 89.5 Å². The summed E-state index contributed by atoms with van der Waals surface area (Å²) >= 11 is 0. The molecule has 0 radical (unpaired) electrons. The lowest BCUT2D eigenvalue weighted by Gasteiger charge is -2.30. The van der Waals surface area contributed by atoms with Gasteiger partial charge in [0.2, 0.25) is 5.69 Å². The molecule has 11 rings (SSSR count). The zero-order valence-electron chi connectivity index (χ0n) is 46.4. The first-order chi connectivity index (χ1) is 37.9. The van der Waals surface area contributed by atoms with Crippen LogP contribution in [0, 0.1) is 0 Å². The second-order valence-electron chi connectivity index (χ2n) is 22.5. The molecular weight excluding hydrogens is 1060 g/mol. The number of ketones is 1. The number of hydrogen-bond donors (Lipinski definition) is 1. The van der Waals surface area contributed by atoms with Gasteiger partial charge in [0, 0.05) is 103 Å². The van der Waals surface area contributed by atoms with Gasteiger partial charge < -0.3 is 38.7 Å². The lowest BCUT2D eigenvalue weighted by Crippen LogP contribution is -3.08. The van der Waals surface area contributed by atoms with Crippen LogP contribution in [0.15, 0.2) is 160 Å². The number of hydrogen-bond acceptors (Lipinski definition) is 14. The number of amides is 1. The van der Waals surface area contributed by atoms with Crippen molar-refractivity contribution in [3.05, 3.63) is 178 Å². The number of Topliss-reactive ketones (excluding diaryl/α,β-unsaturated/α-hetero) is 1. The maximum Gasteiger partial charge on any atom is 0.428 e. The second kappa shape index (κ2) is 23.3. The lowest BCUT2D eigenvalue weighted by molar-refractivity contribution is -0.709. The van der Waals surface area contributed by atoms with E-state index in [0.29, 0.717) is 28.3 Å². The predicted octanol–water partition coefficient (Wildman–Crippen LogP) is 6.91. The number of anilines is 3. The van der Waals surface area contributed by atoms with E-state index in [2.05, 4.69) is 96.7 Å². The quantitative estimate of drug-likeness (QED) is 0.0627. The summed E-state index contributed by atoms with van der Waals surface area (Å²) in [4.78, 5) is 34.3. The minimum Gasteiger partial charge on any atom is -0.730 e. The molecular formula is C60H70N8O10S2. The molecule has 0 aromatic heterocycles. The molecule has 0 bridgehead atoms. The molecule has 1 saturated carbocycles. The van der Waals surface area contributed by atoms with Crippen LogP contribution in [0.4, 0.5) is 27.5 Å². The summed E-state index contributed by atoms with van der Waals surface area (Å²) in [5.74, 6) is 0.221. The van der Waals surface area contributed by atoms with Crippen molar-refractivity contribution in [3.8, 4) is 0 Å². The molecule has 80 heavy (non-hydrogen) atoms. The number of nitrogens with zero attached hydrogens (tertiary/aromatic N) is 7. The molecule has 4 aromatic rings. The van der Waals surface area contributed by atoms with Crippen LogP contribution < -0.4 is 24.1 Å². The Morgan fingerprint density at radius 1 is 0.650 bits per heavy atom. The number of carbonyl (C=O) groups excluding carboxylic acids is 2. The SMILES string of the molecule is CC(C)(C)OC(=O)N(C1=C(C=[N+]2CCc3ccccc32)CC/C1=C\N1CCc2ccccc21)S(=O)(=O)[O-].CN1C=C[NH+](S(=O)(=O)N=C([O-])OC(C)(C)C)C1.O=C1/C(=C/N2CCc3ccccc32)CC/C1=C\N1CCc2ccccc21. The Bertz CT molecular complexity index is 3440. The first-order valence-corrected chi connectivity index (χ1v) is 29.8. The zero-order chi connectivity index (χ0) is 57.1. The van der Waals surface area contributed by atoms with Crippen LogP contribution in [0.3, 0.4) is 0 Å². The van der Waals surface area contributed by atoms with Crippen molar-refractivity contribution in [1.82, 2.24) is 9.21 Å². The standard InChI is InChI=1S/C28H31N3O5S.C23H22N2O.C9H17N3O4S/c1-28(2,3)36-27(32)31(37(33,34)35)26-22(18-29-16-14-20-8-4-6-10-24(20)29)12-13-23(26)19-30-17-15-21-9-5-7-11-25(21)30;26-23-19(15-24-13-11-17-5-1-3-7-21(17)24)9-10-20(23)16-25-14-12-18-6-2-4-8-22(18)25;1-9(2,3)16-8(13)10-17(14,15)12-6-5-11(4)7-12/h4-11,18-19H,12-17H2,1-3H3;1-8,15-16H,9-14H2;5-6H,7H2,1-4H3,(H,10,13)/b;19-15+,20-16+;. The van der Waals surface area contributed by atoms with Crippen molar-refractivity contribution in [2.75, 3.05) is 54.6 Å². The van der Waals surface area contributed by atoms with E-state index in [1.165, 1.54) is 39.8 Å². The third-order valence-corrected chi connectivity index (χ3v) is 16.4. The summed E-state index contributed by atoms with van der Waals surface area (Å²) in [6.45, 7) is 13.4. The molecule has 5 aliphatic heterocycles. The maximum atomic E-state index is 13.2. The van der Waals surface area contributed by atoms with Crippen LogP contribution >= 0.6 is 0 Å². The largest absolute Gasteiger partial charge is 0.730 e. The Labute approximate surface area is 470 Å². The van der Waals surface area contributed by atoms with E-state index in [1.807, 2.05) is 48.8 Å². The minimum absolute atomic E-state index is 0.0888. The van der Waals surface area contributed by atoms with Crippen LogP contribution in [0.25, 0.3) is 0 Å². The first kappa shape index (κ1) is 57.2. The number of fused-ring (bicyclic) bond motifs is 4. The fraction of sp³-hybridized carbons (Fsp3) is 0.367. The van der Waals surface area contributed by atoms with Crippen molar-refractivity contribution in [2.24, 2.45) is 4.40 Å². The van der Waals surface area contributed by atoms with Crippen molar-refractivity contribution in [2.45, 2.75) is 104 Å². The highest BCUT2D eigenvalue weighted by Crippen LogP contribution is 2.39. The van der Waals surface area contributed by atoms with E-state index in [9.17, 15) is 36.1 Å². The van der Waals surface area contributed by atoms with E-state index in [4.69, 9.17) is 9.47 Å². The molecule has 4 aromatic carbocycles. The van der Waals surface area contributed by atoms with Gasteiger partial charge >= 0.3 is 16.3 Å². The van der Waals surface area contributed by atoms with Gasteiger partial charge in [0.25, 0.3) is 0 Å². The van der Waals surface area contributed by atoms with E-state index in [1.54, 1.807) is 59.7 Å². The van der Waals surface area contributed by atoms with Gasteiger partial charge in [-0.2, -0.15) is 13.2 Å². The molecule has 1 N–H and O–H groups in total. The molecule has 0 spiro atoms. The number of para-hydroxylation sites is 4. The van der Waals surface area contributed by atoms with E-state index < -0.39 is 43.9 Å². The topological polar surface area (TPSA) is 203 Å². The van der Waals surface area contributed by atoms with Gasteiger partial charge in [0.15, 0.2) is 41.6 Å². The van der Waals surface area contributed by atoms with E-state index >= 15 is 0 Å². The summed E-state index contributed by atoms with van der Waals surface area (Å²) in [5.41, 5.74) is 11.2. The van der Waals surface area contributed by atoms with Crippen molar-refractivity contribution < 1.29 is 54.4 Å². The number of rotatable bonds is 8. The number of benzene rings is 4. The molecule has 422 valence electrons. The van der Waals surface area contributed by atoms with Crippen LogP contribution in [0.2, 0.25) is 0 Å². The Balaban J connectivity index is 0.000000157. The summed E-state index contributed by atoms with van der Waals surface area (Å²) in [7, 11) is -7.42. The molecule has 7 aliphatic rings. The Hall–Kier alpha value is -7.52.